The average Bonchev–Trinajstić information content (AvgIpc) is 2.90. The van der Waals surface area contributed by atoms with Gasteiger partial charge in [-0.05, 0) is 36.8 Å². The minimum Gasteiger partial charge on any atom is -0.493 e. The van der Waals surface area contributed by atoms with Gasteiger partial charge in [-0.3, -0.25) is 5.41 Å². The van der Waals surface area contributed by atoms with E-state index in [1.807, 2.05) is 0 Å². The number of amidine groups is 1. The molecule has 0 amide bonds. The summed E-state index contributed by atoms with van der Waals surface area (Å²) in [7, 11) is 0. The molecular weight excluding hydrogens is 476 g/mol. The van der Waals surface area contributed by atoms with Crippen molar-refractivity contribution in [3.05, 3.63) is 42.0 Å². The van der Waals surface area contributed by atoms with Gasteiger partial charge in [-0.25, -0.2) is 0 Å². The Balaban J connectivity index is 0.00000684. The molecule has 0 unspecified atom stereocenters. The minimum atomic E-state index is 0. The van der Waals surface area contributed by atoms with Crippen molar-refractivity contribution in [3.8, 4) is 5.75 Å². The van der Waals surface area contributed by atoms with Crippen molar-refractivity contribution in [1.29, 1.82) is 5.41 Å². The zero-order chi connectivity index (χ0) is 25.8. The van der Waals surface area contributed by atoms with Gasteiger partial charge in [0.15, 0.2) is 0 Å². The summed E-state index contributed by atoms with van der Waals surface area (Å²) in [5.41, 5.74) is 1.04. The summed E-state index contributed by atoms with van der Waals surface area (Å²) in [6.45, 7) is 9.54. The van der Waals surface area contributed by atoms with E-state index in [0.717, 1.165) is 48.2 Å². The number of halogens is 1. The Hall–Kier alpha value is -1.74. The second-order valence-corrected chi connectivity index (χ2v) is 10.4. The van der Waals surface area contributed by atoms with Crippen LogP contribution in [0.25, 0.3) is 10.8 Å². The second-order valence-electron chi connectivity index (χ2n) is 10.4. The molecule has 0 bridgehead atoms. The van der Waals surface area contributed by atoms with Crippen LogP contribution in [0.1, 0.15) is 129 Å². The monoisotopic (exact) mass is 530 g/mol. The molecule has 0 spiro atoms. The molecule has 0 heterocycles. The molecule has 2 aromatic carbocycles. The number of hydrogen-bond acceptors (Lipinski definition) is 2. The molecular formula is C33H55ClN2O. The predicted molar refractivity (Wildman–Crippen MR) is 166 cm³/mol. The van der Waals surface area contributed by atoms with Crippen molar-refractivity contribution in [2.45, 2.75) is 124 Å². The summed E-state index contributed by atoms with van der Waals surface area (Å²) in [6, 6.07) is 12.7. The van der Waals surface area contributed by atoms with Crippen LogP contribution in [0.4, 0.5) is 0 Å². The molecule has 0 fully saturated rings. The molecule has 0 aliphatic carbocycles. The molecule has 0 saturated heterocycles. The highest BCUT2D eigenvalue weighted by molar-refractivity contribution is 6.09. The zero-order valence-electron chi connectivity index (χ0n) is 24.2. The summed E-state index contributed by atoms with van der Waals surface area (Å²) in [5.74, 6) is 1.64. The van der Waals surface area contributed by atoms with Crippen LogP contribution in [-0.2, 0) is 0 Å². The van der Waals surface area contributed by atoms with Crippen LogP contribution in [0, 0.1) is 5.41 Å². The van der Waals surface area contributed by atoms with E-state index in [1.165, 1.54) is 96.3 Å². The summed E-state index contributed by atoms with van der Waals surface area (Å²) in [5, 5.41) is 11.5. The molecule has 210 valence electrons. The maximum atomic E-state index is 9.23. The van der Waals surface area contributed by atoms with E-state index in [9.17, 15) is 5.41 Å². The minimum absolute atomic E-state index is 0. The summed E-state index contributed by atoms with van der Waals surface area (Å²) >= 11 is 0. The highest BCUT2D eigenvalue weighted by atomic mass is 35.5. The van der Waals surface area contributed by atoms with Gasteiger partial charge in [-0.15, -0.1) is 12.4 Å². The molecule has 0 saturated carbocycles. The summed E-state index contributed by atoms with van der Waals surface area (Å²) < 4.78 is 6.20. The molecule has 2 rings (SSSR count). The van der Waals surface area contributed by atoms with Gasteiger partial charge in [-0.2, -0.15) is 0 Å². The lowest BCUT2D eigenvalue weighted by molar-refractivity contribution is 0.308. The second kappa shape index (κ2) is 21.2. The fourth-order valence-corrected chi connectivity index (χ4v) is 4.99. The Labute approximate surface area is 234 Å². The van der Waals surface area contributed by atoms with Crippen molar-refractivity contribution < 1.29 is 4.74 Å². The fraction of sp³-hybridized carbons (Fsp3) is 0.667. The first kappa shape index (κ1) is 33.3. The molecule has 0 aromatic heterocycles. The quantitative estimate of drug-likeness (QED) is 0.0989. The molecule has 1 N–H and O–H groups in total. The highest BCUT2D eigenvalue weighted by Crippen LogP contribution is 2.30. The lowest BCUT2D eigenvalue weighted by atomic mass is 10.0. The van der Waals surface area contributed by atoms with E-state index >= 15 is 0 Å². The number of hydrogen-bond donors (Lipinski definition) is 1. The van der Waals surface area contributed by atoms with E-state index < -0.39 is 0 Å². The fourth-order valence-electron chi connectivity index (χ4n) is 4.99. The SMILES string of the molecule is CCCCCCCCN(CCCCCCCC)C(=N)c1ccc(OCCCCCC)c2ccccc12.Cl. The van der Waals surface area contributed by atoms with Gasteiger partial charge in [0.1, 0.15) is 11.6 Å². The largest absolute Gasteiger partial charge is 0.493 e. The maximum Gasteiger partial charge on any atom is 0.128 e. The third kappa shape index (κ3) is 12.6. The average molecular weight is 531 g/mol. The topological polar surface area (TPSA) is 36.3 Å². The van der Waals surface area contributed by atoms with Crippen molar-refractivity contribution in [2.24, 2.45) is 0 Å². The Morgan fingerprint density at radius 2 is 1.11 bits per heavy atom. The zero-order valence-corrected chi connectivity index (χ0v) is 25.0. The van der Waals surface area contributed by atoms with E-state index in [0.29, 0.717) is 5.84 Å². The van der Waals surface area contributed by atoms with E-state index in [1.54, 1.807) is 0 Å². The van der Waals surface area contributed by atoms with Gasteiger partial charge >= 0.3 is 0 Å². The maximum absolute atomic E-state index is 9.23. The first-order chi connectivity index (χ1) is 17.7. The Morgan fingerprint density at radius 1 is 0.622 bits per heavy atom. The van der Waals surface area contributed by atoms with E-state index in [2.05, 4.69) is 62.1 Å². The van der Waals surface area contributed by atoms with Crippen LogP contribution in [0.3, 0.4) is 0 Å². The highest BCUT2D eigenvalue weighted by Gasteiger charge is 2.16. The van der Waals surface area contributed by atoms with Gasteiger partial charge in [0.05, 0.1) is 6.61 Å². The van der Waals surface area contributed by atoms with Gasteiger partial charge in [-0.1, -0.05) is 129 Å². The first-order valence-electron chi connectivity index (χ1n) is 15.2. The Bertz CT molecular complexity index is 837. The molecule has 0 atom stereocenters. The third-order valence-electron chi connectivity index (χ3n) is 7.27. The first-order valence-corrected chi connectivity index (χ1v) is 15.2. The molecule has 37 heavy (non-hydrogen) atoms. The van der Waals surface area contributed by atoms with Crippen molar-refractivity contribution in [2.75, 3.05) is 19.7 Å². The third-order valence-corrected chi connectivity index (χ3v) is 7.27. The van der Waals surface area contributed by atoms with Crippen LogP contribution < -0.4 is 4.74 Å². The standard InChI is InChI=1S/C33H54N2O.ClH/c1-4-7-10-13-15-19-26-35(27-20-16-14-11-8-5-2)33(34)31-24-25-32(36-28-21-12-9-6-3)30-23-18-17-22-29(30)31;/h17-18,22-25,34H,4-16,19-21,26-28H2,1-3H3;1H. The van der Waals surface area contributed by atoms with Crippen LogP contribution in [0.15, 0.2) is 36.4 Å². The van der Waals surface area contributed by atoms with Crippen molar-refractivity contribution in [3.63, 3.8) is 0 Å². The molecule has 4 heteroatoms. The summed E-state index contributed by atoms with van der Waals surface area (Å²) in [4.78, 5) is 2.35. The smallest absolute Gasteiger partial charge is 0.128 e. The van der Waals surface area contributed by atoms with Crippen LogP contribution in [0.5, 0.6) is 5.75 Å². The lowest BCUT2D eigenvalue weighted by Crippen LogP contribution is -2.33. The number of fused-ring (bicyclic) bond motifs is 1. The van der Waals surface area contributed by atoms with Gasteiger partial charge in [0, 0.05) is 24.0 Å². The van der Waals surface area contributed by atoms with Crippen molar-refractivity contribution >= 4 is 29.0 Å². The van der Waals surface area contributed by atoms with E-state index in [4.69, 9.17) is 4.74 Å². The molecule has 3 nitrogen and oxygen atoms in total. The number of benzene rings is 2. The number of nitrogens with zero attached hydrogens (tertiary/aromatic N) is 1. The lowest BCUT2D eigenvalue weighted by Gasteiger charge is -2.26. The number of rotatable bonds is 21. The Kier molecular flexibility index (Phi) is 19.1. The van der Waals surface area contributed by atoms with Crippen LogP contribution >= 0.6 is 12.4 Å². The van der Waals surface area contributed by atoms with Crippen LogP contribution in [0.2, 0.25) is 0 Å². The number of ether oxygens (including phenoxy) is 1. The molecule has 0 radical (unpaired) electrons. The molecule has 0 aliphatic rings. The predicted octanol–water partition coefficient (Wildman–Crippen LogP) is 10.6. The Morgan fingerprint density at radius 3 is 1.68 bits per heavy atom. The van der Waals surface area contributed by atoms with Gasteiger partial charge in [0.2, 0.25) is 0 Å². The molecule has 0 aliphatic heterocycles. The van der Waals surface area contributed by atoms with Crippen LogP contribution in [-0.4, -0.2) is 30.4 Å². The van der Waals surface area contributed by atoms with Gasteiger partial charge < -0.3 is 9.64 Å². The molecule has 2 aromatic rings. The summed E-state index contributed by atoms with van der Waals surface area (Å²) in [6.07, 6.45) is 20.3. The normalized spacial score (nSPS) is 10.9. The number of unbranched alkanes of at least 4 members (excludes halogenated alkanes) is 13. The van der Waals surface area contributed by atoms with Gasteiger partial charge in [0.25, 0.3) is 0 Å². The van der Waals surface area contributed by atoms with E-state index in [-0.39, 0.29) is 12.4 Å². The number of nitrogens with one attached hydrogen (secondary N) is 1. The van der Waals surface area contributed by atoms with Crippen molar-refractivity contribution in [1.82, 2.24) is 4.90 Å².